The Morgan fingerprint density at radius 1 is 1.10 bits per heavy atom. The first-order valence-electron chi connectivity index (χ1n) is 7.87. The Bertz CT molecular complexity index is 501. The van der Waals surface area contributed by atoms with E-state index in [-0.39, 0.29) is 0 Å². The monoisotopic (exact) mass is 284 g/mol. The Morgan fingerprint density at radius 3 is 2.62 bits per heavy atom. The SMILES string of the molecule is c1ccc(CN2CCC(NCCn3cccn3)CC2)cc1. The molecule has 1 fully saturated rings. The Labute approximate surface area is 126 Å². The van der Waals surface area contributed by atoms with Crippen LogP contribution in [0.2, 0.25) is 0 Å². The van der Waals surface area contributed by atoms with Gasteiger partial charge in [-0.05, 0) is 37.6 Å². The lowest BCUT2D eigenvalue weighted by atomic mass is 10.0. The molecular weight excluding hydrogens is 260 g/mol. The van der Waals surface area contributed by atoms with Crippen molar-refractivity contribution in [1.82, 2.24) is 20.0 Å². The van der Waals surface area contributed by atoms with Gasteiger partial charge in [0.05, 0.1) is 6.54 Å². The third-order valence-electron chi connectivity index (χ3n) is 4.17. The number of piperidine rings is 1. The Kier molecular flexibility index (Phi) is 5.03. The van der Waals surface area contributed by atoms with E-state index in [1.165, 1.54) is 31.5 Å². The molecule has 4 nitrogen and oxygen atoms in total. The summed E-state index contributed by atoms with van der Waals surface area (Å²) in [6.45, 7) is 5.42. The van der Waals surface area contributed by atoms with E-state index in [2.05, 4.69) is 45.6 Å². The summed E-state index contributed by atoms with van der Waals surface area (Å²) in [4.78, 5) is 2.56. The number of aromatic nitrogens is 2. The summed E-state index contributed by atoms with van der Waals surface area (Å²) in [5, 5.41) is 7.88. The summed E-state index contributed by atoms with van der Waals surface area (Å²) in [6.07, 6.45) is 6.34. The van der Waals surface area contributed by atoms with Crippen molar-refractivity contribution in [3.8, 4) is 0 Å². The van der Waals surface area contributed by atoms with Gasteiger partial charge < -0.3 is 5.32 Å². The number of hydrogen-bond acceptors (Lipinski definition) is 3. The predicted molar refractivity (Wildman–Crippen MR) is 85.0 cm³/mol. The summed E-state index contributed by atoms with van der Waals surface area (Å²) in [5.41, 5.74) is 1.42. The Balaban J connectivity index is 1.35. The molecule has 0 amide bonds. The van der Waals surface area contributed by atoms with Gasteiger partial charge in [0.25, 0.3) is 0 Å². The number of hydrogen-bond donors (Lipinski definition) is 1. The molecule has 112 valence electrons. The first kappa shape index (κ1) is 14.3. The fraction of sp³-hybridized carbons (Fsp3) is 0.471. The van der Waals surface area contributed by atoms with Gasteiger partial charge in [-0.3, -0.25) is 9.58 Å². The second-order valence-corrected chi connectivity index (χ2v) is 5.76. The van der Waals surface area contributed by atoms with Crippen molar-refractivity contribution in [2.24, 2.45) is 0 Å². The first-order chi connectivity index (χ1) is 10.4. The zero-order valence-electron chi connectivity index (χ0n) is 12.5. The highest BCUT2D eigenvalue weighted by Crippen LogP contribution is 2.13. The van der Waals surface area contributed by atoms with Crippen LogP contribution in [0, 0.1) is 0 Å². The molecule has 4 heteroatoms. The topological polar surface area (TPSA) is 33.1 Å². The molecule has 1 aliphatic rings. The van der Waals surface area contributed by atoms with Crippen LogP contribution >= 0.6 is 0 Å². The molecule has 1 aliphatic heterocycles. The molecule has 0 unspecified atom stereocenters. The predicted octanol–water partition coefficient (Wildman–Crippen LogP) is 2.14. The standard InChI is InChI=1S/C17H24N4/c1-2-5-16(6-3-1)15-20-12-7-17(8-13-20)18-10-14-21-11-4-9-19-21/h1-6,9,11,17-18H,7-8,10,12-15H2. The van der Waals surface area contributed by atoms with Crippen LogP contribution in [0.3, 0.4) is 0 Å². The number of benzene rings is 1. The molecule has 21 heavy (non-hydrogen) atoms. The normalized spacial score (nSPS) is 17.1. The number of rotatable bonds is 6. The lowest BCUT2D eigenvalue weighted by Crippen LogP contribution is -2.43. The van der Waals surface area contributed by atoms with E-state index in [0.717, 1.165) is 19.6 Å². The lowest BCUT2D eigenvalue weighted by molar-refractivity contribution is 0.190. The summed E-state index contributed by atoms with van der Waals surface area (Å²) in [5.74, 6) is 0. The van der Waals surface area contributed by atoms with Gasteiger partial charge in [-0.15, -0.1) is 0 Å². The van der Waals surface area contributed by atoms with E-state index < -0.39 is 0 Å². The van der Waals surface area contributed by atoms with Crippen molar-refractivity contribution in [2.75, 3.05) is 19.6 Å². The Morgan fingerprint density at radius 2 is 1.90 bits per heavy atom. The maximum Gasteiger partial charge on any atom is 0.0534 e. The van der Waals surface area contributed by atoms with Crippen molar-refractivity contribution in [3.63, 3.8) is 0 Å². The van der Waals surface area contributed by atoms with E-state index in [4.69, 9.17) is 0 Å². The quantitative estimate of drug-likeness (QED) is 0.882. The van der Waals surface area contributed by atoms with Gasteiger partial charge >= 0.3 is 0 Å². The number of likely N-dealkylation sites (tertiary alicyclic amines) is 1. The van der Waals surface area contributed by atoms with Crippen LogP contribution in [0.25, 0.3) is 0 Å². The molecule has 0 bridgehead atoms. The fourth-order valence-corrected chi connectivity index (χ4v) is 2.95. The van der Waals surface area contributed by atoms with E-state index in [0.29, 0.717) is 6.04 Å². The molecule has 0 atom stereocenters. The zero-order valence-corrected chi connectivity index (χ0v) is 12.5. The van der Waals surface area contributed by atoms with Crippen molar-refractivity contribution in [1.29, 1.82) is 0 Å². The highest BCUT2D eigenvalue weighted by molar-refractivity contribution is 5.14. The highest BCUT2D eigenvalue weighted by atomic mass is 15.3. The van der Waals surface area contributed by atoms with E-state index in [1.807, 2.05) is 23.1 Å². The molecule has 1 saturated heterocycles. The van der Waals surface area contributed by atoms with E-state index in [9.17, 15) is 0 Å². The van der Waals surface area contributed by atoms with Crippen LogP contribution in [0.5, 0.6) is 0 Å². The molecule has 1 aromatic carbocycles. The largest absolute Gasteiger partial charge is 0.312 e. The molecule has 3 rings (SSSR count). The van der Waals surface area contributed by atoms with Gasteiger partial charge in [-0.1, -0.05) is 30.3 Å². The average molecular weight is 284 g/mol. The van der Waals surface area contributed by atoms with Crippen LogP contribution in [-0.2, 0) is 13.1 Å². The maximum atomic E-state index is 4.23. The minimum atomic E-state index is 0.660. The van der Waals surface area contributed by atoms with Crippen LogP contribution in [0.4, 0.5) is 0 Å². The van der Waals surface area contributed by atoms with E-state index in [1.54, 1.807) is 0 Å². The van der Waals surface area contributed by atoms with Crippen molar-refractivity contribution in [2.45, 2.75) is 32.0 Å². The molecule has 0 saturated carbocycles. The molecule has 2 heterocycles. The zero-order chi connectivity index (χ0) is 14.3. The molecule has 0 aliphatic carbocycles. The third-order valence-corrected chi connectivity index (χ3v) is 4.17. The van der Waals surface area contributed by atoms with E-state index >= 15 is 0 Å². The fourth-order valence-electron chi connectivity index (χ4n) is 2.95. The Hall–Kier alpha value is -1.65. The summed E-state index contributed by atoms with van der Waals surface area (Å²) in [7, 11) is 0. The van der Waals surface area contributed by atoms with Crippen LogP contribution in [-0.4, -0.2) is 40.4 Å². The van der Waals surface area contributed by atoms with Gasteiger partial charge in [0.1, 0.15) is 0 Å². The van der Waals surface area contributed by atoms with Crippen molar-refractivity contribution < 1.29 is 0 Å². The first-order valence-corrected chi connectivity index (χ1v) is 7.87. The van der Waals surface area contributed by atoms with Gasteiger partial charge in [0.2, 0.25) is 0 Å². The average Bonchev–Trinajstić information content (AvgIpc) is 3.03. The van der Waals surface area contributed by atoms with Crippen molar-refractivity contribution >= 4 is 0 Å². The number of nitrogens with one attached hydrogen (secondary N) is 1. The van der Waals surface area contributed by atoms with Crippen LogP contribution < -0.4 is 5.32 Å². The minimum Gasteiger partial charge on any atom is -0.312 e. The summed E-state index contributed by atoms with van der Waals surface area (Å²) in [6, 6.07) is 13.4. The second kappa shape index (κ2) is 7.38. The molecule has 1 N–H and O–H groups in total. The van der Waals surface area contributed by atoms with Crippen LogP contribution in [0.1, 0.15) is 18.4 Å². The minimum absolute atomic E-state index is 0.660. The molecule has 0 radical (unpaired) electrons. The van der Waals surface area contributed by atoms with Crippen molar-refractivity contribution in [3.05, 3.63) is 54.4 Å². The third kappa shape index (κ3) is 4.41. The lowest BCUT2D eigenvalue weighted by Gasteiger charge is -2.32. The smallest absolute Gasteiger partial charge is 0.0534 e. The maximum absolute atomic E-state index is 4.23. The molecular formula is C17H24N4. The number of nitrogens with zero attached hydrogens (tertiary/aromatic N) is 3. The summed E-state index contributed by atoms with van der Waals surface area (Å²) < 4.78 is 1.98. The second-order valence-electron chi connectivity index (χ2n) is 5.76. The summed E-state index contributed by atoms with van der Waals surface area (Å²) >= 11 is 0. The molecule has 1 aromatic heterocycles. The van der Waals surface area contributed by atoms with Gasteiger partial charge in [-0.25, -0.2) is 0 Å². The highest BCUT2D eigenvalue weighted by Gasteiger charge is 2.18. The van der Waals surface area contributed by atoms with Gasteiger partial charge in [0.15, 0.2) is 0 Å². The molecule has 2 aromatic rings. The van der Waals surface area contributed by atoms with Crippen LogP contribution in [0.15, 0.2) is 48.8 Å². The van der Waals surface area contributed by atoms with Gasteiger partial charge in [-0.2, -0.15) is 5.10 Å². The van der Waals surface area contributed by atoms with Gasteiger partial charge in [0, 0.05) is 31.5 Å². The molecule has 0 spiro atoms.